The second-order valence-electron chi connectivity index (χ2n) is 8.51. The SMILES string of the molecule is CCOc1ccc([C@@H]2c3[nH]c4ccccc4c3CCN2C(=O)c2cc3cc(Cl)ccc3o2)cc1. The summed E-state index contributed by atoms with van der Waals surface area (Å²) in [5, 5.41) is 2.64. The second kappa shape index (κ2) is 8.26. The Kier molecular flexibility index (Phi) is 5.07. The lowest BCUT2D eigenvalue weighted by molar-refractivity contribution is 0.0661. The molecule has 0 bridgehead atoms. The highest BCUT2D eigenvalue weighted by Gasteiger charge is 2.36. The van der Waals surface area contributed by atoms with Gasteiger partial charge in [-0.2, -0.15) is 0 Å². The van der Waals surface area contributed by atoms with Crippen molar-refractivity contribution in [3.63, 3.8) is 0 Å². The van der Waals surface area contributed by atoms with Crippen molar-refractivity contribution in [1.29, 1.82) is 0 Å². The van der Waals surface area contributed by atoms with E-state index in [0.717, 1.165) is 34.3 Å². The number of rotatable bonds is 4. The van der Waals surface area contributed by atoms with Gasteiger partial charge in [0.05, 0.1) is 12.6 Å². The predicted octanol–water partition coefficient (Wildman–Crippen LogP) is 6.75. The number of amides is 1. The van der Waals surface area contributed by atoms with Gasteiger partial charge in [-0.1, -0.05) is 41.9 Å². The number of furan rings is 1. The fourth-order valence-corrected chi connectivity index (χ4v) is 5.16. The molecule has 0 spiro atoms. The number of halogens is 1. The summed E-state index contributed by atoms with van der Waals surface area (Å²) in [4.78, 5) is 19.3. The van der Waals surface area contributed by atoms with Crippen LogP contribution in [0.5, 0.6) is 5.75 Å². The van der Waals surface area contributed by atoms with Crippen molar-refractivity contribution in [3.05, 3.63) is 100 Å². The number of hydrogen-bond donors (Lipinski definition) is 1. The molecule has 3 heterocycles. The maximum Gasteiger partial charge on any atom is 0.290 e. The van der Waals surface area contributed by atoms with Crippen molar-refractivity contribution in [2.45, 2.75) is 19.4 Å². The van der Waals surface area contributed by atoms with Gasteiger partial charge in [0.1, 0.15) is 11.3 Å². The standard InChI is InChI=1S/C28H23ClN2O3/c1-2-33-20-10-7-17(8-11-20)27-26-22(21-5-3-4-6-23(21)30-26)13-14-31(27)28(32)25-16-18-15-19(29)9-12-24(18)34-25/h3-12,15-16,27,30H,2,13-14H2,1H3/t27-/m1/s1. The number of aromatic amines is 1. The lowest BCUT2D eigenvalue weighted by Gasteiger charge is -2.35. The Morgan fingerprint density at radius 1 is 1.12 bits per heavy atom. The Bertz CT molecular complexity index is 1520. The van der Waals surface area contributed by atoms with Crippen LogP contribution in [0, 0.1) is 0 Å². The maximum atomic E-state index is 13.8. The second-order valence-corrected chi connectivity index (χ2v) is 8.95. The molecule has 3 aromatic carbocycles. The Hall–Kier alpha value is -3.70. The van der Waals surface area contributed by atoms with Crippen LogP contribution in [0.25, 0.3) is 21.9 Å². The highest BCUT2D eigenvalue weighted by Crippen LogP contribution is 2.40. The molecule has 6 heteroatoms. The van der Waals surface area contributed by atoms with Crippen LogP contribution >= 0.6 is 11.6 Å². The molecule has 0 saturated carbocycles. The number of aromatic nitrogens is 1. The van der Waals surface area contributed by atoms with Gasteiger partial charge in [0.25, 0.3) is 5.91 Å². The molecule has 0 saturated heterocycles. The van der Waals surface area contributed by atoms with E-state index in [2.05, 4.69) is 23.2 Å². The molecule has 5 aromatic rings. The third-order valence-corrected chi connectivity index (χ3v) is 6.73. The summed E-state index contributed by atoms with van der Waals surface area (Å²) < 4.78 is 11.6. The lowest BCUT2D eigenvalue weighted by Crippen LogP contribution is -2.40. The van der Waals surface area contributed by atoms with Crippen LogP contribution in [0.1, 0.15) is 40.3 Å². The molecular formula is C28H23ClN2O3. The Morgan fingerprint density at radius 2 is 1.94 bits per heavy atom. The van der Waals surface area contributed by atoms with Gasteiger partial charge in [0.2, 0.25) is 0 Å². The minimum atomic E-state index is -0.267. The average Bonchev–Trinajstić information content (AvgIpc) is 3.45. The fourth-order valence-electron chi connectivity index (χ4n) is 4.98. The average molecular weight is 471 g/mol. The monoisotopic (exact) mass is 470 g/mol. The highest BCUT2D eigenvalue weighted by atomic mass is 35.5. The van der Waals surface area contributed by atoms with Crippen molar-refractivity contribution >= 4 is 39.4 Å². The van der Waals surface area contributed by atoms with Crippen molar-refractivity contribution in [2.24, 2.45) is 0 Å². The molecular weight excluding hydrogens is 448 g/mol. The van der Waals surface area contributed by atoms with E-state index >= 15 is 0 Å². The number of nitrogens with one attached hydrogen (secondary N) is 1. The summed E-state index contributed by atoms with van der Waals surface area (Å²) in [6.07, 6.45) is 0.769. The number of ether oxygens (including phenoxy) is 1. The molecule has 1 aliphatic heterocycles. The van der Waals surface area contributed by atoms with E-state index < -0.39 is 0 Å². The Balaban J connectivity index is 1.46. The molecule has 6 rings (SSSR count). The van der Waals surface area contributed by atoms with Crippen LogP contribution in [0.3, 0.4) is 0 Å². The zero-order valence-corrected chi connectivity index (χ0v) is 19.4. The van der Waals surface area contributed by atoms with Gasteiger partial charge in [0, 0.05) is 33.6 Å². The number of benzene rings is 3. The Labute approximate surface area is 201 Å². The molecule has 170 valence electrons. The molecule has 1 N–H and O–H groups in total. The number of nitrogens with zero attached hydrogens (tertiary/aromatic N) is 1. The lowest BCUT2D eigenvalue weighted by atomic mass is 9.92. The minimum absolute atomic E-state index is 0.143. The number of fused-ring (bicyclic) bond motifs is 4. The third kappa shape index (κ3) is 3.44. The van der Waals surface area contributed by atoms with E-state index in [4.69, 9.17) is 20.8 Å². The van der Waals surface area contributed by atoms with Crippen molar-refractivity contribution in [1.82, 2.24) is 9.88 Å². The molecule has 0 aliphatic carbocycles. The number of carbonyl (C=O) groups excluding carboxylic acids is 1. The highest BCUT2D eigenvalue weighted by molar-refractivity contribution is 6.31. The maximum absolute atomic E-state index is 13.8. The van der Waals surface area contributed by atoms with Crippen molar-refractivity contribution in [3.8, 4) is 5.75 Å². The van der Waals surface area contributed by atoms with Gasteiger partial charge in [-0.15, -0.1) is 0 Å². The first-order valence-electron chi connectivity index (χ1n) is 11.4. The van der Waals surface area contributed by atoms with Crippen LogP contribution < -0.4 is 4.74 Å². The summed E-state index contributed by atoms with van der Waals surface area (Å²) in [5.74, 6) is 0.981. The molecule has 1 aliphatic rings. The van der Waals surface area contributed by atoms with Gasteiger partial charge in [-0.05, 0) is 66.9 Å². The topological polar surface area (TPSA) is 58.5 Å². The van der Waals surface area contributed by atoms with E-state index in [0.29, 0.717) is 29.5 Å². The van der Waals surface area contributed by atoms with Gasteiger partial charge in [-0.25, -0.2) is 0 Å². The van der Waals surface area contributed by atoms with Gasteiger partial charge >= 0.3 is 0 Å². The molecule has 0 fully saturated rings. The first-order valence-corrected chi connectivity index (χ1v) is 11.8. The van der Waals surface area contributed by atoms with E-state index in [1.165, 1.54) is 10.9 Å². The van der Waals surface area contributed by atoms with Gasteiger partial charge < -0.3 is 19.0 Å². The minimum Gasteiger partial charge on any atom is -0.494 e. The molecule has 2 aromatic heterocycles. The number of para-hydroxylation sites is 1. The summed E-state index contributed by atoms with van der Waals surface area (Å²) >= 11 is 6.14. The molecule has 5 nitrogen and oxygen atoms in total. The van der Waals surface area contributed by atoms with Crippen LogP contribution in [0.4, 0.5) is 0 Å². The van der Waals surface area contributed by atoms with Crippen LogP contribution in [0.15, 0.2) is 77.2 Å². The molecule has 34 heavy (non-hydrogen) atoms. The van der Waals surface area contributed by atoms with Gasteiger partial charge in [-0.3, -0.25) is 4.79 Å². The zero-order chi connectivity index (χ0) is 23.2. The molecule has 1 atom stereocenters. The number of carbonyl (C=O) groups is 1. The molecule has 1 amide bonds. The summed E-state index contributed by atoms with van der Waals surface area (Å²) in [6, 6.07) is 23.2. The predicted molar refractivity (Wildman–Crippen MR) is 134 cm³/mol. The smallest absolute Gasteiger partial charge is 0.290 e. The fraction of sp³-hybridized carbons (Fsp3) is 0.179. The van der Waals surface area contributed by atoms with Crippen molar-refractivity contribution < 1.29 is 13.9 Å². The van der Waals surface area contributed by atoms with Crippen LogP contribution in [-0.4, -0.2) is 28.9 Å². The van der Waals surface area contributed by atoms with E-state index in [-0.39, 0.29) is 11.9 Å². The summed E-state index contributed by atoms with van der Waals surface area (Å²) in [6.45, 7) is 3.16. The summed E-state index contributed by atoms with van der Waals surface area (Å²) in [7, 11) is 0. The largest absolute Gasteiger partial charge is 0.494 e. The number of hydrogen-bond acceptors (Lipinski definition) is 3. The zero-order valence-electron chi connectivity index (χ0n) is 18.7. The third-order valence-electron chi connectivity index (χ3n) is 6.49. The molecule has 0 unspecified atom stereocenters. The first-order chi connectivity index (χ1) is 16.6. The quantitative estimate of drug-likeness (QED) is 0.316. The number of H-pyrrole nitrogens is 1. The van der Waals surface area contributed by atoms with E-state index in [9.17, 15) is 4.79 Å². The van der Waals surface area contributed by atoms with Crippen molar-refractivity contribution in [2.75, 3.05) is 13.2 Å². The first kappa shape index (κ1) is 20.9. The van der Waals surface area contributed by atoms with Gasteiger partial charge in [0.15, 0.2) is 5.76 Å². The van der Waals surface area contributed by atoms with E-state index in [1.807, 2.05) is 48.2 Å². The van der Waals surface area contributed by atoms with E-state index in [1.54, 1.807) is 18.2 Å². The Morgan fingerprint density at radius 3 is 2.76 bits per heavy atom. The summed E-state index contributed by atoms with van der Waals surface area (Å²) in [5.41, 5.74) is 5.05. The van der Waals surface area contributed by atoms with Crippen LogP contribution in [0.2, 0.25) is 5.02 Å². The molecule has 0 radical (unpaired) electrons. The normalized spacial score (nSPS) is 15.6. The van der Waals surface area contributed by atoms with Crippen LogP contribution in [-0.2, 0) is 6.42 Å².